The first-order valence-electron chi connectivity index (χ1n) is 8.80. The molecule has 7 heteroatoms. The van der Waals surface area contributed by atoms with Crippen LogP contribution in [0.1, 0.15) is 34.6 Å². The molecule has 1 amide bonds. The number of amides is 1. The molecule has 0 unspecified atom stereocenters. The van der Waals surface area contributed by atoms with Crippen molar-refractivity contribution in [2.75, 3.05) is 5.32 Å². The van der Waals surface area contributed by atoms with E-state index in [9.17, 15) is 14.4 Å². The van der Waals surface area contributed by atoms with E-state index in [1.54, 1.807) is 24.3 Å². The van der Waals surface area contributed by atoms with Gasteiger partial charge in [0.1, 0.15) is 11.4 Å². The summed E-state index contributed by atoms with van der Waals surface area (Å²) in [4.78, 5) is 36.6. The number of nitrogens with one attached hydrogen (secondary N) is 1. The quantitative estimate of drug-likeness (QED) is 0.643. The van der Waals surface area contributed by atoms with Crippen molar-refractivity contribution in [2.45, 2.75) is 20.4 Å². The van der Waals surface area contributed by atoms with Crippen molar-refractivity contribution in [3.05, 3.63) is 76.1 Å². The number of nitrogens with zero attached hydrogens (tertiary/aromatic N) is 2. The van der Waals surface area contributed by atoms with Gasteiger partial charge < -0.3 is 11.1 Å². The van der Waals surface area contributed by atoms with Crippen LogP contribution in [-0.4, -0.2) is 21.5 Å². The van der Waals surface area contributed by atoms with Crippen LogP contribution in [0.3, 0.4) is 0 Å². The molecule has 142 valence electrons. The summed E-state index contributed by atoms with van der Waals surface area (Å²) in [6.07, 6.45) is 0. The molecule has 7 nitrogen and oxygen atoms in total. The number of carbonyl (C=O) groups excluding carboxylic acids is 2. The lowest BCUT2D eigenvalue weighted by atomic mass is 10.0. The molecule has 0 atom stereocenters. The SMILES string of the molecule is CCn1nc(-c2ccccc2)c(C(C)=O)c(Nc2ccc(C(N)=O)cc2)c1=O. The van der Waals surface area contributed by atoms with Gasteiger partial charge in [0.15, 0.2) is 5.78 Å². The third-order valence-electron chi connectivity index (χ3n) is 4.29. The monoisotopic (exact) mass is 376 g/mol. The van der Waals surface area contributed by atoms with Gasteiger partial charge in [-0.25, -0.2) is 4.68 Å². The lowest BCUT2D eigenvalue weighted by Crippen LogP contribution is -2.28. The van der Waals surface area contributed by atoms with Crippen molar-refractivity contribution in [3.8, 4) is 11.3 Å². The Hall–Kier alpha value is -3.74. The Balaban J connectivity index is 2.19. The van der Waals surface area contributed by atoms with Gasteiger partial charge in [0.05, 0.1) is 5.56 Å². The van der Waals surface area contributed by atoms with Gasteiger partial charge in [0.25, 0.3) is 5.56 Å². The molecule has 0 aliphatic carbocycles. The molecule has 0 spiro atoms. The zero-order valence-corrected chi connectivity index (χ0v) is 15.6. The number of carbonyl (C=O) groups is 2. The van der Waals surface area contributed by atoms with Crippen LogP contribution in [0.5, 0.6) is 0 Å². The first-order valence-corrected chi connectivity index (χ1v) is 8.80. The minimum atomic E-state index is -0.542. The molecular weight excluding hydrogens is 356 g/mol. The van der Waals surface area contributed by atoms with Crippen molar-refractivity contribution < 1.29 is 9.59 Å². The molecule has 0 aliphatic heterocycles. The fourth-order valence-corrected chi connectivity index (χ4v) is 2.90. The summed E-state index contributed by atoms with van der Waals surface area (Å²) in [7, 11) is 0. The summed E-state index contributed by atoms with van der Waals surface area (Å²) in [6.45, 7) is 3.56. The van der Waals surface area contributed by atoms with E-state index in [4.69, 9.17) is 5.73 Å². The van der Waals surface area contributed by atoms with Gasteiger partial charge in [-0.2, -0.15) is 5.10 Å². The third-order valence-corrected chi connectivity index (χ3v) is 4.29. The molecule has 3 rings (SSSR count). The highest BCUT2D eigenvalue weighted by Gasteiger charge is 2.21. The van der Waals surface area contributed by atoms with Crippen LogP contribution in [0.2, 0.25) is 0 Å². The van der Waals surface area contributed by atoms with Gasteiger partial charge in [-0.1, -0.05) is 30.3 Å². The normalized spacial score (nSPS) is 10.5. The van der Waals surface area contributed by atoms with Gasteiger partial charge in [-0.3, -0.25) is 14.4 Å². The third kappa shape index (κ3) is 3.68. The zero-order valence-electron chi connectivity index (χ0n) is 15.6. The maximum absolute atomic E-state index is 12.9. The highest BCUT2D eigenvalue weighted by atomic mass is 16.1. The zero-order chi connectivity index (χ0) is 20.3. The number of hydrogen-bond donors (Lipinski definition) is 2. The summed E-state index contributed by atoms with van der Waals surface area (Å²) in [5.74, 6) is -0.817. The Labute approximate surface area is 161 Å². The smallest absolute Gasteiger partial charge is 0.291 e. The van der Waals surface area contributed by atoms with Gasteiger partial charge in [-0.05, 0) is 38.1 Å². The Kier molecular flexibility index (Phi) is 5.35. The van der Waals surface area contributed by atoms with Gasteiger partial charge in [0.2, 0.25) is 5.91 Å². The number of aromatic nitrogens is 2. The highest BCUT2D eigenvalue weighted by molar-refractivity contribution is 6.05. The van der Waals surface area contributed by atoms with Crippen molar-refractivity contribution in [1.82, 2.24) is 9.78 Å². The molecule has 3 aromatic rings. The Morgan fingerprint density at radius 2 is 1.71 bits per heavy atom. The van der Waals surface area contributed by atoms with E-state index in [0.717, 1.165) is 5.56 Å². The average Bonchev–Trinajstić information content (AvgIpc) is 2.70. The summed E-state index contributed by atoms with van der Waals surface area (Å²) in [6, 6.07) is 15.6. The molecule has 0 saturated heterocycles. The standard InChI is InChI=1S/C21H20N4O3/c1-3-25-21(28)19(23-16-11-9-15(10-12-16)20(22)27)17(13(2)26)18(24-25)14-7-5-4-6-8-14/h4-12,23H,3H2,1-2H3,(H2,22,27). The number of primary amides is 1. The number of ketones is 1. The summed E-state index contributed by atoms with van der Waals surface area (Å²) >= 11 is 0. The van der Waals surface area contributed by atoms with Crippen LogP contribution in [0.25, 0.3) is 11.3 Å². The van der Waals surface area contributed by atoms with Crippen molar-refractivity contribution in [2.24, 2.45) is 5.73 Å². The van der Waals surface area contributed by atoms with E-state index in [1.807, 2.05) is 37.3 Å². The number of Topliss-reactive ketones (excluding diaryl/α,β-unsaturated/α-hetero) is 1. The molecule has 0 saturated carbocycles. The summed E-state index contributed by atoms with van der Waals surface area (Å²) in [5.41, 5.74) is 7.31. The molecule has 1 heterocycles. The molecule has 3 N–H and O–H groups in total. The van der Waals surface area contributed by atoms with E-state index < -0.39 is 11.5 Å². The topological polar surface area (TPSA) is 107 Å². The molecule has 0 aliphatic rings. The lowest BCUT2D eigenvalue weighted by Gasteiger charge is -2.16. The van der Waals surface area contributed by atoms with Crippen LogP contribution in [0.4, 0.5) is 11.4 Å². The predicted octanol–water partition coefficient (Wildman–Crippen LogP) is 2.98. The molecule has 28 heavy (non-hydrogen) atoms. The first kappa shape index (κ1) is 19.0. The van der Waals surface area contributed by atoms with Crippen LogP contribution < -0.4 is 16.6 Å². The Bertz CT molecular complexity index is 1090. The molecule has 0 fully saturated rings. The number of nitrogens with two attached hydrogens (primary N) is 1. The number of rotatable bonds is 6. The molecule has 0 bridgehead atoms. The first-order chi connectivity index (χ1) is 13.4. The van der Waals surface area contributed by atoms with Crippen LogP contribution in [-0.2, 0) is 6.54 Å². The fraction of sp³-hybridized carbons (Fsp3) is 0.143. The second-order valence-electron chi connectivity index (χ2n) is 6.21. The molecule has 1 aromatic heterocycles. The minimum Gasteiger partial charge on any atom is -0.366 e. The minimum absolute atomic E-state index is 0.148. The van der Waals surface area contributed by atoms with Crippen LogP contribution in [0.15, 0.2) is 59.4 Å². The van der Waals surface area contributed by atoms with Crippen molar-refractivity contribution >= 4 is 23.1 Å². The fourth-order valence-electron chi connectivity index (χ4n) is 2.90. The largest absolute Gasteiger partial charge is 0.366 e. The highest BCUT2D eigenvalue weighted by Crippen LogP contribution is 2.27. The van der Waals surface area contributed by atoms with E-state index in [1.165, 1.54) is 11.6 Å². The second kappa shape index (κ2) is 7.87. The van der Waals surface area contributed by atoms with Gasteiger partial charge in [-0.15, -0.1) is 0 Å². The van der Waals surface area contributed by atoms with E-state index in [2.05, 4.69) is 10.4 Å². The maximum Gasteiger partial charge on any atom is 0.291 e. The number of aryl methyl sites for hydroxylation is 1. The summed E-state index contributed by atoms with van der Waals surface area (Å²) in [5, 5.41) is 7.43. The Morgan fingerprint density at radius 3 is 2.25 bits per heavy atom. The summed E-state index contributed by atoms with van der Waals surface area (Å²) < 4.78 is 1.31. The molecule has 0 radical (unpaired) electrons. The molecule has 2 aromatic carbocycles. The number of anilines is 2. The van der Waals surface area contributed by atoms with Crippen LogP contribution in [0, 0.1) is 0 Å². The average molecular weight is 376 g/mol. The van der Waals surface area contributed by atoms with E-state index >= 15 is 0 Å². The number of hydrogen-bond acceptors (Lipinski definition) is 5. The molecular formula is C21H20N4O3. The predicted molar refractivity (Wildman–Crippen MR) is 108 cm³/mol. The second-order valence-corrected chi connectivity index (χ2v) is 6.21. The van der Waals surface area contributed by atoms with Crippen molar-refractivity contribution in [3.63, 3.8) is 0 Å². The van der Waals surface area contributed by atoms with Crippen LogP contribution >= 0.6 is 0 Å². The van der Waals surface area contributed by atoms with Gasteiger partial charge in [0, 0.05) is 23.4 Å². The van der Waals surface area contributed by atoms with E-state index in [0.29, 0.717) is 23.5 Å². The van der Waals surface area contributed by atoms with Crippen molar-refractivity contribution in [1.29, 1.82) is 0 Å². The number of benzene rings is 2. The maximum atomic E-state index is 12.9. The van der Waals surface area contributed by atoms with Gasteiger partial charge >= 0.3 is 0 Å². The lowest BCUT2D eigenvalue weighted by molar-refractivity contribution is 0.0996. The van der Waals surface area contributed by atoms with E-state index in [-0.39, 0.29) is 17.0 Å². The Morgan fingerprint density at radius 1 is 1.07 bits per heavy atom.